The highest BCUT2D eigenvalue weighted by Gasteiger charge is 2.26. The van der Waals surface area contributed by atoms with E-state index in [4.69, 9.17) is 4.98 Å². The molecule has 8 aromatic carbocycles. The van der Waals surface area contributed by atoms with Crippen molar-refractivity contribution >= 4 is 43.4 Å². The molecule has 0 aliphatic carbocycles. The van der Waals surface area contributed by atoms with Crippen LogP contribution in [0, 0.1) is 0 Å². The van der Waals surface area contributed by atoms with Crippen LogP contribution in [0.3, 0.4) is 0 Å². The molecular formula is C43H28N2. The second kappa shape index (κ2) is 10.3. The molecule has 0 atom stereocenters. The van der Waals surface area contributed by atoms with Gasteiger partial charge in [0, 0.05) is 22.4 Å². The van der Waals surface area contributed by atoms with Crippen molar-refractivity contribution in [2.45, 2.75) is 0 Å². The Hall–Kier alpha value is -5.99. The summed E-state index contributed by atoms with van der Waals surface area (Å²) in [6.45, 7) is 0. The lowest BCUT2D eigenvalue weighted by molar-refractivity contribution is 1.10. The van der Waals surface area contributed by atoms with E-state index in [1.54, 1.807) is 0 Å². The van der Waals surface area contributed by atoms with Crippen molar-refractivity contribution in [1.82, 2.24) is 9.55 Å². The summed E-state index contributed by atoms with van der Waals surface area (Å²) >= 11 is 0. The van der Waals surface area contributed by atoms with Gasteiger partial charge in [-0.3, -0.25) is 4.57 Å². The van der Waals surface area contributed by atoms with Crippen LogP contribution in [0.5, 0.6) is 0 Å². The Morgan fingerprint density at radius 2 is 0.844 bits per heavy atom. The normalized spacial score (nSPS) is 11.6. The minimum atomic E-state index is 0.926. The van der Waals surface area contributed by atoms with E-state index in [0.717, 1.165) is 33.7 Å². The summed E-state index contributed by atoms with van der Waals surface area (Å²) in [6, 6.07) is 60.8. The number of imidazole rings is 1. The molecule has 0 saturated carbocycles. The maximum Gasteiger partial charge on any atom is 0.145 e. The quantitative estimate of drug-likeness (QED) is 0.205. The van der Waals surface area contributed by atoms with Crippen LogP contribution in [-0.4, -0.2) is 9.55 Å². The van der Waals surface area contributed by atoms with Crippen LogP contribution in [0.1, 0.15) is 0 Å². The van der Waals surface area contributed by atoms with Crippen LogP contribution in [-0.2, 0) is 0 Å². The van der Waals surface area contributed by atoms with Crippen LogP contribution in [0.15, 0.2) is 170 Å². The zero-order chi connectivity index (χ0) is 29.7. The zero-order valence-electron chi connectivity index (χ0n) is 24.6. The molecule has 0 N–H and O–H groups in total. The van der Waals surface area contributed by atoms with E-state index in [1.165, 1.54) is 49.0 Å². The molecule has 0 aliphatic heterocycles. The molecule has 1 heterocycles. The second-order valence-corrected chi connectivity index (χ2v) is 11.5. The maximum absolute atomic E-state index is 5.62. The largest absolute Gasteiger partial charge is 0.292 e. The molecule has 0 amide bonds. The third kappa shape index (κ3) is 4.00. The van der Waals surface area contributed by atoms with Crippen LogP contribution in [0.25, 0.3) is 82.7 Å². The number of fused-ring (bicyclic) bond motifs is 4. The van der Waals surface area contributed by atoms with Crippen LogP contribution in [0.4, 0.5) is 0 Å². The van der Waals surface area contributed by atoms with E-state index in [-0.39, 0.29) is 0 Å². The smallest absolute Gasteiger partial charge is 0.145 e. The Labute approximate surface area is 261 Å². The van der Waals surface area contributed by atoms with Gasteiger partial charge in [-0.05, 0) is 55.6 Å². The molecule has 1 aromatic heterocycles. The van der Waals surface area contributed by atoms with Crippen LogP contribution < -0.4 is 0 Å². The Morgan fingerprint density at radius 1 is 0.378 bits per heavy atom. The Kier molecular flexibility index (Phi) is 5.85. The number of hydrogen-bond acceptors (Lipinski definition) is 1. The first-order valence-electron chi connectivity index (χ1n) is 15.4. The first-order chi connectivity index (χ1) is 22.4. The van der Waals surface area contributed by atoms with Crippen LogP contribution >= 0.6 is 0 Å². The molecule has 9 rings (SSSR count). The molecule has 0 bridgehead atoms. The predicted molar refractivity (Wildman–Crippen MR) is 190 cm³/mol. The summed E-state index contributed by atoms with van der Waals surface area (Å²) in [5.74, 6) is 0.926. The highest BCUT2D eigenvalue weighted by atomic mass is 15.1. The summed E-state index contributed by atoms with van der Waals surface area (Å²) in [5, 5.41) is 7.30. The lowest BCUT2D eigenvalue weighted by Crippen LogP contribution is -1.99. The monoisotopic (exact) mass is 572 g/mol. The van der Waals surface area contributed by atoms with Gasteiger partial charge in [0.15, 0.2) is 0 Å². The lowest BCUT2D eigenvalue weighted by Gasteiger charge is -2.19. The van der Waals surface area contributed by atoms with Gasteiger partial charge in [0.05, 0.1) is 11.0 Å². The number of benzene rings is 8. The van der Waals surface area contributed by atoms with E-state index < -0.39 is 0 Å². The van der Waals surface area contributed by atoms with Gasteiger partial charge in [0.25, 0.3) is 0 Å². The lowest BCUT2D eigenvalue weighted by atomic mass is 9.87. The minimum absolute atomic E-state index is 0.926. The fourth-order valence-electron chi connectivity index (χ4n) is 7.04. The standard InChI is InChI=1S/C43H28N2/c1-3-17-31(18-4-1)43-44-41-39(35-27-13-19-29-15-7-9-23-33(29)35)37-25-11-12-26-38(37)40(42(41)45(43)32-21-5-2-6-22-32)36-28-14-20-30-16-8-10-24-34(30)36/h1-28H. The fraction of sp³-hybridized carbons (Fsp3) is 0. The Bertz CT molecular complexity index is 2510. The molecule has 0 spiro atoms. The minimum Gasteiger partial charge on any atom is -0.292 e. The van der Waals surface area contributed by atoms with Crippen molar-refractivity contribution in [3.8, 4) is 39.3 Å². The molecule has 9 aromatic rings. The van der Waals surface area contributed by atoms with Crippen molar-refractivity contribution < 1.29 is 0 Å². The molecule has 0 radical (unpaired) electrons. The Morgan fingerprint density at radius 3 is 1.47 bits per heavy atom. The summed E-state index contributed by atoms with van der Waals surface area (Å²) < 4.78 is 2.38. The molecular weight excluding hydrogens is 544 g/mol. The predicted octanol–water partition coefficient (Wildman–Crippen LogP) is 11.5. The number of para-hydroxylation sites is 1. The van der Waals surface area contributed by atoms with E-state index in [9.17, 15) is 0 Å². The topological polar surface area (TPSA) is 17.8 Å². The van der Waals surface area contributed by atoms with E-state index in [1.807, 2.05) is 0 Å². The number of aromatic nitrogens is 2. The third-order valence-corrected chi connectivity index (χ3v) is 8.98. The number of rotatable bonds is 4. The molecule has 0 fully saturated rings. The Balaban J connectivity index is 1.57. The van der Waals surface area contributed by atoms with Gasteiger partial charge in [-0.25, -0.2) is 4.98 Å². The highest BCUT2D eigenvalue weighted by molar-refractivity contribution is 6.24. The average molecular weight is 573 g/mol. The highest BCUT2D eigenvalue weighted by Crippen LogP contribution is 2.48. The average Bonchev–Trinajstić information content (AvgIpc) is 3.51. The number of nitrogens with zero attached hydrogens (tertiary/aromatic N) is 2. The van der Waals surface area contributed by atoms with Gasteiger partial charge in [0.1, 0.15) is 5.82 Å². The second-order valence-electron chi connectivity index (χ2n) is 11.5. The molecule has 210 valence electrons. The SMILES string of the molecule is c1ccc(-c2nc3c(-c4cccc5ccccc45)c4ccccc4c(-c4cccc5ccccc45)c3n2-c2ccccc2)cc1. The molecule has 0 saturated heterocycles. The maximum atomic E-state index is 5.62. The first kappa shape index (κ1) is 25.5. The van der Waals surface area contributed by atoms with Crippen molar-refractivity contribution in [2.75, 3.05) is 0 Å². The molecule has 2 nitrogen and oxygen atoms in total. The fourth-order valence-corrected chi connectivity index (χ4v) is 7.04. The molecule has 2 heteroatoms. The molecule has 0 unspecified atom stereocenters. The first-order valence-corrected chi connectivity index (χ1v) is 15.4. The third-order valence-electron chi connectivity index (χ3n) is 8.98. The molecule has 0 aliphatic rings. The number of hydrogen-bond donors (Lipinski definition) is 0. The van der Waals surface area contributed by atoms with E-state index in [0.29, 0.717) is 0 Å². The molecule has 45 heavy (non-hydrogen) atoms. The van der Waals surface area contributed by atoms with Gasteiger partial charge in [-0.1, -0.05) is 158 Å². The van der Waals surface area contributed by atoms with Crippen molar-refractivity contribution in [2.24, 2.45) is 0 Å². The summed E-state index contributed by atoms with van der Waals surface area (Å²) in [7, 11) is 0. The van der Waals surface area contributed by atoms with Gasteiger partial charge < -0.3 is 0 Å². The van der Waals surface area contributed by atoms with Gasteiger partial charge in [0.2, 0.25) is 0 Å². The summed E-state index contributed by atoms with van der Waals surface area (Å²) in [6.07, 6.45) is 0. The van der Waals surface area contributed by atoms with E-state index in [2.05, 4.69) is 174 Å². The van der Waals surface area contributed by atoms with Crippen molar-refractivity contribution in [3.05, 3.63) is 170 Å². The van der Waals surface area contributed by atoms with E-state index >= 15 is 0 Å². The summed E-state index contributed by atoms with van der Waals surface area (Å²) in [5.41, 5.74) is 9.02. The van der Waals surface area contributed by atoms with Crippen molar-refractivity contribution in [1.29, 1.82) is 0 Å². The van der Waals surface area contributed by atoms with Gasteiger partial charge in [-0.2, -0.15) is 0 Å². The van der Waals surface area contributed by atoms with Gasteiger partial charge >= 0.3 is 0 Å². The van der Waals surface area contributed by atoms with Crippen molar-refractivity contribution in [3.63, 3.8) is 0 Å². The summed E-state index contributed by atoms with van der Waals surface area (Å²) in [4.78, 5) is 5.62. The van der Waals surface area contributed by atoms with Gasteiger partial charge in [-0.15, -0.1) is 0 Å². The van der Waals surface area contributed by atoms with Crippen LogP contribution in [0.2, 0.25) is 0 Å². The zero-order valence-corrected chi connectivity index (χ0v) is 24.6.